The lowest BCUT2D eigenvalue weighted by Crippen LogP contribution is -1.92. The second-order valence-corrected chi connectivity index (χ2v) is 2.47. The maximum absolute atomic E-state index is 9.60. The Morgan fingerprint density at radius 3 is 2.33 bits per heavy atom. The van der Waals surface area contributed by atoms with Crippen LogP contribution >= 0.6 is 0 Å². The summed E-state index contributed by atoms with van der Waals surface area (Å²) in [4.78, 5) is 9.60. The van der Waals surface area contributed by atoms with Gasteiger partial charge in [-0.05, 0) is 25.8 Å². The van der Waals surface area contributed by atoms with Crippen LogP contribution < -0.4 is 0 Å². The van der Waals surface area contributed by atoms with E-state index in [0.717, 1.165) is 6.61 Å². The predicted molar refractivity (Wildman–Crippen MR) is 46.8 cm³/mol. The van der Waals surface area contributed by atoms with Crippen molar-refractivity contribution in [2.45, 2.75) is 19.8 Å². The number of allylic oxidation sites excluding steroid dienone is 1. The van der Waals surface area contributed by atoms with Crippen LogP contribution in [-0.2, 0) is 9.53 Å². The van der Waals surface area contributed by atoms with E-state index in [1.165, 1.54) is 19.8 Å². The van der Waals surface area contributed by atoms with Crippen LogP contribution in [0.25, 0.3) is 0 Å². The molecule has 3 nitrogen and oxygen atoms in total. The lowest BCUT2D eigenvalue weighted by Gasteiger charge is -2.01. The standard InChI is InChI=1S/C5H8O.C4H6O2/c1-2-4-6-5-3-1;1-3(2)4(5)6/h2,4H,1,3,5H2;1H2,2H3,(H,5,6). The number of carboxylic acids is 1. The molecule has 0 bridgehead atoms. The number of aliphatic carboxylic acids is 1. The molecule has 0 unspecified atom stereocenters. The van der Waals surface area contributed by atoms with E-state index in [9.17, 15) is 4.79 Å². The SMILES string of the molecule is C1=COCCC1.C=C(C)C(=O)O. The molecule has 1 aliphatic heterocycles. The van der Waals surface area contributed by atoms with Gasteiger partial charge in [0.15, 0.2) is 0 Å². The third-order valence-electron chi connectivity index (χ3n) is 1.19. The van der Waals surface area contributed by atoms with E-state index >= 15 is 0 Å². The summed E-state index contributed by atoms with van der Waals surface area (Å²) in [7, 11) is 0. The van der Waals surface area contributed by atoms with Gasteiger partial charge >= 0.3 is 5.97 Å². The van der Waals surface area contributed by atoms with Crippen molar-refractivity contribution >= 4 is 5.97 Å². The van der Waals surface area contributed by atoms with Crippen molar-refractivity contribution in [1.29, 1.82) is 0 Å². The maximum Gasteiger partial charge on any atom is 0.330 e. The van der Waals surface area contributed by atoms with Crippen LogP contribution in [0, 0.1) is 0 Å². The zero-order chi connectivity index (χ0) is 9.40. The highest BCUT2D eigenvalue weighted by Gasteiger charge is 1.90. The molecule has 0 saturated carbocycles. The van der Waals surface area contributed by atoms with Gasteiger partial charge in [0, 0.05) is 5.57 Å². The molecule has 0 fully saturated rings. The van der Waals surface area contributed by atoms with E-state index in [1.54, 1.807) is 6.26 Å². The fraction of sp³-hybridized carbons (Fsp3) is 0.444. The fourth-order valence-electron chi connectivity index (χ4n) is 0.489. The van der Waals surface area contributed by atoms with Gasteiger partial charge < -0.3 is 9.84 Å². The Morgan fingerprint density at radius 1 is 1.67 bits per heavy atom. The molecule has 1 aliphatic rings. The molecule has 0 aromatic carbocycles. The van der Waals surface area contributed by atoms with Crippen molar-refractivity contribution in [2.75, 3.05) is 6.61 Å². The van der Waals surface area contributed by atoms with Gasteiger partial charge in [0.25, 0.3) is 0 Å². The minimum absolute atomic E-state index is 0.176. The van der Waals surface area contributed by atoms with Crippen LogP contribution in [0.1, 0.15) is 19.8 Å². The lowest BCUT2D eigenvalue weighted by atomic mass is 10.3. The zero-order valence-corrected chi connectivity index (χ0v) is 7.25. The van der Waals surface area contributed by atoms with Gasteiger partial charge in [-0.1, -0.05) is 6.58 Å². The van der Waals surface area contributed by atoms with Gasteiger partial charge in [0.1, 0.15) is 0 Å². The molecule has 0 radical (unpaired) electrons. The van der Waals surface area contributed by atoms with Gasteiger partial charge in [-0.3, -0.25) is 0 Å². The average Bonchev–Trinajstić information content (AvgIpc) is 2.08. The maximum atomic E-state index is 9.60. The average molecular weight is 170 g/mol. The number of carbonyl (C=O) groups is 1. The van der Waals surface area contributed by atoms with Crippen molar-refractivity contribution in [3.05, 3.63) is 24.5 Å². The summed E-state index contributed by atoms with van der Waals surface area (Å²) in [6.45, 7) is 5.52. The molecule has 1 rings (SSSR count). The van der Waals surface area contributed by atoms with E-state index in [2.05, 4.69) is 6.58 Å². The Kier molecular flexibility index (Phi) is 5.79. The summed E-state index contributed by atoms with van der Waals surface area (Å²) >= 11 is 0. The minimum atomic E-state index is -0.935. The molecule has 0 saturated heterocycles. The van der Waals surface area contributed by atoms with Crippen molar-refractivity contribution in [1.82, 2.24) is 0 Å². The van der Waals surface area contributed by atoms with Crippen LogP contribution in [0.2, 0.25) is 0 Å². The largest absolute Gasteiger partial charge is 0.502 e. The molecule has 3 heteroatoms. The number of rotatable bonds is 1. The molecule has 68 valence electrons. The molecular weight excluding hydrogens is 156 g/mol. The smallest absolute Gasteiger partial charge is 0.330 e. The van der Waals surface area contributed by atoms with Crippen LogP contribution in [-0.4, -0.2) is 17.7 Å². The van der Waals surface area contributed by atoms with Gasteiger partial charge in [-0.15, -0.1) is 0 Å². The first-order valence-electron chi connectivity index (χ1n) is 3.80. The molecule has 1 heterocycles. The summed E-state index contributed by atoms with van der Waals surface area (Å²) in [5, 5.41) is 7.89. The number of ether oxygens (including phenoxy) is 1. The molecule has 12 heavy (non-hydrogen) atoms. The summed E-state index contributed by atoms with van der Waals surface area (Å²) < 4.78 is 4.89. The lowest BCUT2D eigenvalue weighted by molar-refractivity contribution is -0.132. The van der Waals surface area contributed by atoms with E-state index < -0.39 is 5.97 Å². The highest BCUT2D eigenvalue weighted by atomic mass is 16.5. The Hall–Kier alpha value is -1.25. The van der Waals surface area contributed by atoms with Gasteiger partial charge in [0.05, 0.1) is 12.9 Å². The molecule has 0 spiro atoms. The highest BCUT2D eigenvalue weighted by molar-refractivity contribution is 5.84. The number of hydrogen-bond donors (Lipinski definition) is 1. The van der Waals surface area contributed by atoms with Crippen LogP contribution in [0.4, 0.5) is 0 Å². The van der Waals surface area contributed by atoms with Crippen molar-refractivity contribution in [2.24, 2.45) is 0 Å². The molecule has 0 aliphatic carbocycles. The molecular formula is C9H14O3. The Bertz CT molecular complexity index is 162. The van der Waals surface area contributed by atoms with E-state index in [1.807, 2.05) is 6.08 Å². The Morgan fingerprint density at radius 2 is 2.25 bits per heavy atom. The first-order valence-corrected chi connectivity index (χ1v) is 3.80. The van der Waals surface area contributed by atoms with Crippen molar-refractivity contribution in [3.8, 4) is 0 Å². The summed E-state index contributed by atoms with van der Waals surface area (Å²) in [6.07, 6.45) is 6.20. The normalized spacial score (nSPS) is 13.8. The first kappa shape index (κ1) is 10.8. The second-order valence-electron chi connectivity index (χ2n) is 2.47. The topological polar surface area (TPSA) is 46.5 Å². The number of carboxylic acid groups (broad SMARTS) is 1. The Balaban J connectivity index is 0.000000202. The van der Waals surface area contributed by atoms with E-state index in [0.29, 0.717) is 0 Å². The van der Waals surface area contributed by atoms with Crippen molar-refractivity contribution < 1.29 is 14.6 Å². The summed E-state index contributed by atoms with van der Waals surface area (Å²) in [5.74, 6) is -0.935. The van der Waals surface area contributed by atoms with E-state index in [-0.39, 0.29) is 5.57 Å². The zero-order valence-electron chi connectivity index (χ0n) is 7.25. The van der Waals surface area contributed by atoms with Crippen molar-refractivity contribution in [3.63, 3.8) is 0 Å². The van der Waals surface area contributed by atoms with Crippen LogP contribution in [0.3, 0.4) is 0 Å². The molecule has 0 atom stereocenters. The number of hydrogen-bond acceptors (Lipinski definition) is 2. The first-order chi connectivity index (χ1) is 5.64. The third-order valence-corrected chi connectivity index (χ3v) is 1.19. The molecule has 0 aromatic rings. The molecule has 0 amide bonds. The third kappa shape index (κ3) is 6.86. The monoisotopic (exact) mass is 170 g/mol. The van der Waals surface area contributed by atoms with Gasteiger partial charge in [-0.25, -0.2) is 4.79 Å². The molecule has 1 N–H and O–H groups in total. The van der Waals surface area contributed by atoms with Crippen LogP contribution in [0.15, 0.2) is 24.5 Å². The van der Waals surface area contributed by atoms with Gasteiger partial charge in [0.2, 0.25) is 0 Å². The predicted octanol–water partition coefficient (Wildman–Crippen LogP) is 1.96. The van der Waals surface area contributed by atoms with Crippen LogP contribution in [0.5, 0.6) is 0 Å². The highest BCUT2D eigenvalue weighted by Crippen LogP contribution is 1.97. The van der Waals surface area contributed by atoms with E-state index in [4.69, 9.17) is 9.84 Å². The second kappa shape index (κ2) is 6.46. The summed E-state index contributed by atoms with van der Waals surface area (Å²) in [6, 6.07) is 0. The minimum Gasteiger partial charge on any atom is -0.502 e. The Labute approximate surface area is 72.3 Å². The fourth-order valence-corrected chi connectivity index (χ4v) is 0.489. The quantitative estimate of drug-likeness (QED) is 0.612. The van der Waals surface area contributed by atoms with Gasteiger partial charge in [-0.2, -0.15) is 0 Å². The summed E-state index contributed by atoms with van der Waals surface area (Å²) in [5.41, 5.74) is 0.176. The molecule has 0 aromatic heterocycles.